The Labute approximate surface area is 305 Å². The Morgan fingerprint density at radius 2 is 0.615 bits per heavy atom. The van der Waals surface area contributed by atoms with Crippen LogP contribution in [0.25, 0.3) is 44.5 Å². The maximum Gasteiger partial charge on any atom is 0.107 e. The van der Waals surface area contributed by atoms with E-state index in [0.717, 1.165) is 33.4 Å². The molecule has 0 amide bonds. The van der Waals surface area contributed by atoms with Gasteiger partial charge in [-0.1, -0.05) is 158 Å². The van der Waals surface area contributed by atoms with Crippen molar-refractivity contribution in [2.45, 2.75) is 49.5 Å². The van der Waals surface area contributed by atoms with Crippen molar-refractivity contribution in [3.05, 3.63) is 169 Å². The van der Waals surface area contributed by atoms with Crippen LogP contribution >= 0.6 is 0 Å². The summed E-state index contributed by atoms with van der Waals surface area (Å²) in [4.78, 5) is 0. The van der Waals surface area contributed by atoms with Crippen molar-refractivity contribution < 1.29 is 29.9 Å². The number of ether oxygens (including phenoxy) is 2. The summed E-state index contributed by atoms with van der Waals surface area (Å²) in [6.45, 7) is -0.299. The zero-order valence-electron chi connectivity index (χ0n) is 28.9. The third-order valence-corrected chi connectivity index (χ3v) is 10.0. The molecule has 4 N–H and O–H groups in total. The van der Waals surface area contributed by atoms with Crippen LogP contribution in [0.15, 0.2) is 158 Å². The molecule has 0 aliphatic carbocycles. The van der Waals surface area contributed by atoms with E-state index in [1.54, 1.807) is 0 Å². The molecule has 2 saturated heterocycles. The van der Waals surface area contributed by atoms with Crippen molar-refractivity contribution in [1.82, 2.24) is 0 Å². The van der Waals surface area contributed by atoms with E-state index in [-0.39, 0.29) is 25.4 Å². The highest BCUT2D eigenvalue weighted by molar-refractivity contribution is 5.71. The van der Waals surface area contributed by atoms with Crippen LogP contribution in [0.4, 0.5) is 0 Å². The first kappa shape index (κ1) is 35.5. The van der Waals surface area contributed by atoms with Crippen LogP contribution in [-0.2, 0) is 9.47 Å². The highest BCUT2D eigenvalue weighted by Crippen LogP contribution is 2.36. The fraction of sp³-hybridized carbons (Fsp3) is 0.217. The SMILES string of the molecule is OC[C@H]1O[C@@H](c2ccc(-c3ccc(-c4ccccc4)cc3)cc2)C[C@H]1O.OC[C@H]1O[C@@H](c2ccc(-c3ccc(-c4ccccc4)cc3)cc2)C[C@H]1O. The van der Waals surface area contributed by atoms with Crippen molar-refractivity contribution in [2.24, 2.45) is 0 Å². The highest BCUT2D eigenvalue weighted by Gasteiger charge is 2.35. The number of rotatable bonds is 8. The molecule has 2 heterocycles. The van der Waals surface area contributed by atoms with Gasteiger partial charge in [-0.15, -0.1) is 0 Å². The van der Waals surface area contributed by atoms with Crippen LogP contribution in [0.5, 0.6) is 0 Å². The second kappa shape index (κ2) is 16.6. The predicted molar refractivity (Wildman–Crippen MR) is 205 cm³/mol. The van der Waals surface area contributed by atoms with E-state index in [2.05, 4.69) is 97.1 Å². The van der Waals surface area contributed by atoms with E-state index in [4.69, 9.17) is 9.47 Å². The first-order valence-electron chi connectivity index (χ1n) is 17.9. The predicted octanol–water partition coefficient (Wildman–Crippen LogP) is 8.41. The van der Waals surface area contributed by atoms with E-state index in [0.29, 0.717) is 12.8 Å². The normalized spacial score (nSPS) is 22.5. The maximum atomic E-state index is 9.89. The molecule has 0 radical (unpaired) electrons. The highest BCUT2D eigenvalue weighted by atomic mass is 16.5. The Kier molecular flexibility index (Phi) is 11.3. The van der Waals surface area contributed by atoms with Crippen LogP contribution in [0.3, 0.4) is 0 Å². The van der Waals surface area contributed by atoms with Crippen molar-refractivity contribution >= 4 is 0 Å². The minimum Gasteiger partial charge on any atom is -0.394 e. The summed E-state index contributed by atoms with van der Waals surface area (Å²) in [5, 5.41) is 38.2. The molecule has 6 heteroatoms. The fourth-order valence-electron chi connectivity index (χ4n) is 6.97. The van der Waals surface area contributed by atoms with Crippen LogP contribution in [0.2, 0.25) is 0 Å². The van der Waals surface area contributed by atoms with E-state index in [1.165, 1.54) is 22.3 Å². The molecule has 0 saturated carbocycles. The van der Waals surface area contributed by atoms with Crippen LogP contribution in [0.1, 0.15) is 36.2 Å². The average Bonchev–Trinajstić information content (AvgIpc) is 3.80. The molecule has 0 unspecified atom stereocenters. The van der Waals surface area contributed by atoms with E-state index in [1.807, 2.05) is 60.7 Å². The van der Waals surface area contributed by atoms with Gasteiger partial charge >= 0.3 is 0 Å². The molecule has 264 valence electrons. The molecule has 0 bridgehead atoms. The third-order valence-electron chi connectivity index (χ3n) is 10.0. The van der Waals surface area contributed by atoms with Gasteiger partial charge in [-0.25, -0.2) is 0 Å². The Hall–Kier alpha value is -4.92. The number of hydrogen-bond donors (Lipinski definition) is 4. The number of hydrogen-bond acceptors (Lipinski definition) is 6. The van der Waals surface area contributed by atoms with Gasteiger partial charge in [-0.05, 0) is 55.6 Å². The second-order valence-electron chi connectivity index (χ2n) is 13.4. The van der Waals surface area contributed by atoms with Gasteiger partial charge < -0.3 is 29.9 Å². The lowest BCUT2D eigenvalue weighted by atomic mass is 9.98. The minimum absolute atomic E-state index is 0.149. The molecule has 2 aliphatic heterocycles. The zero-order valence-corrected chi connectivity index (χ0v) is 28.9. The first-order valence-corrected chi connectivity index (χ1v) is 17.9. The van der Waals surface area contributed by atoms with Gasteiger partial charge in [-0.3, -0.25) is 0 Å². The van der Waals surface area contributed by atoms with Crippen molar-refractivity contribution in [3.8, 4) is 44.5 Å². The molecule has 8 rings (SSSR count). The van der Waals surface area contributed by atoms with Crippen molar-refractivity contribution in [2.75, 3.05) is 13.2 Å². The van der Waals surface area contributed by atoms with E-state index < -0.39 is 24.4 Å². The molecular formula is C46H44O6. The summed E-state index contributed by atoms with van der Waals surface area (Å²) in [6.07, 6.45) is -1.43. The van der Waals surface area contributed by atoms with E-state index >= 15 is 0 Å². The summed E-state index contributed by atoms with van der Waals surface area (Å²) < 4.78 is 11.4. The molecule has 52 heavy (non-hydrogen) atoms. The van der Waals surface area contributed by atoms with Gasteiger partial charge in [0.05, 0.1) is 37.6 Å². The quantitative estimate of drug-likeness (QED) is 0.128. The van der Waals surface area contributed by atoms with Gasteiger partial charge in [0.25, 0.3) is 0 Å². The van der Waals surface area contributed by atoms with Gasteiger partial charge in [0.1, 0.15) is 12.2 Å². The van der Waals surface area contributed by atoms with Crippen LogP contribution in [0, 0.1) is 0 Å². The number of aliphatic hydroxyl groups excluding tert-OH is 4. The lowest BCUT2D eigenvalue weighted by Crippen LogP contribution is -2.24. The smallest absolute Gasteiger partial charge is 0.107 e. The van der Waals surface area contributed by atoms with Crippen LogP contribution in [-0.4, -0.2) is 58.1 Å². The number of benzene rings is 6. The van der Waals surface area contributed by atoms with E-state index in [9.17, 15) is 20.4 Å². The Balaban J connectivity index is 0.000000162. The molecule has 2 aliphatic rings. The molecule has 6 aromatic carbocycles. The lowest BCUT2D eigenvalue weighted by Gasteiger charge is -2.13. The van der Waals surface area contributed by atoms with Crippen molar-refractivity contribution in [1.29, 1.82) is 0 Å². The summed E-state index contributed by atoms with van der Waals surface area (Å²) in [5.41, 5.74) is 11.5. The van der Waals surface area contributed by atoms with Gasteiger partial charge in [0, 0.05) is 12.8 Å². The Morgan fingerprint density at radius 1 is 0.365 bits per heavy atom. The minimum atomic E-state index is -0.602. The molecule has 6 aromatic rings. The summed E-state index contributed by atoms with van der Waals surface area (Å²) in [5.74, 6) is 0. The summed E-state index contributed by atoms with van der Waals surface area (Å²) in [7, 11) is 0. The zero-order chi connectivity index (χ0) is 35.9. The van der Waals surface area contributed by atoms with Gasteiger partial charge in [0.2, 0.25) is 0 Å². The van der Waals surface area contributed by atoms with Crippen molar-refractivity contribution in [3.63, 3.8) is 0 Å². The molecule has 2 fully saturated rings. The largest absolute Gasteiger partial charge is 0.394 e. The van der Waals surface area contributed by atoms with Gasteiger partial charge in [-0.2, -0.15) is 0 Å². The average molecular weight is 693 g/mol. The topological polar surface area (TPSA) is 99.4 Å². The number of aliphatic hydroxyl groups is 4. The lowest BCUT2D eigenvalue weighted by molar-refractivity contribution is -0.0225. The fourth-order valence-corrected chi connectivity index (χ4v) is 6.97. The molecule has 6 atom stereocenters. The molecular weight excluding hydrogens is 649 g/mol. The monoisotopic (exact) mass is 692 g/mol. The first-order chi connectivity index (χ1) is 25.5. The van der Waals surface area contributed by atoms with Gasteiger partial charge in [0.15, 0.2) is 0 Å². The van der Waals surface area contributed by atoms with Crippen LogP contribution < -0.4 is 0 Å². The summed E-state index contributed by atoms with van der Waals surface area (Å²) in [6, 6.07) is 54.2. The Bertz CT molecular complexity index is 1830. The standard InChI is InChI=1S/2C23H22O3/c2*24-15-23-21(25)14-22(26-23)20-12-10-19(11-13-20)18-8-6-17(7-9-18)16-4-2-1-3-5-16/h2*1-13,21-25H,14-15H2/t2*21-,22-,23-/m11/s1. The second-order valence-corrected chi connectivity index (χ2v) is 13.4. The summed E-state index contributed by atoms with van der Waals surface area (Å²) >= 11 is 0. The molecule has 0 aromatic heterocycles. The molecule has 6 nitrogen and oxygen atoms in total. The third kappa shape index (κ3) is 8.24. The Morgan fingerprint density at radius 3 is 0.865 bits per heavy atom. The molecule has 0 spiro atoms. The maximum absolute atomic E-state index is 9.89.